The molecule has 0 amide bonds. The molecule has 1 aromatic rings. The zero-order valence-electron chi connectivity index (χ0n) is 8.53. The SMILES string of the molecule is Cc1nccn1C1CCCC(C)C1. The van der Waals surface area contributed by atoms with Crippen molar-refractivity contribution in [1.82, 2.24) is 9.55 Å². The van der Waals surface area contributed by atoms with Crippen LogP contribution >= 0.6 is 0 Å². The highest BCUT2D eigenvalue weighted by Gasteiger charge is 2.20. The van der Waals surface area contributed by atoms with Crippen LogP contribution in [0.3, 0.4) is 0 Å². The van der Waals surface area contributed by atoms with Crippen molar-refractivity contribution < 1.29 is 0 Å². The highest BCUT2D eigenvalue weighted by molar-refractivity contribution is 4.93. The summed E-state index contributed by atoms with van der Waals surface area (Å²) in [6.07, 6.45) is 9.49. The summed E-state index contributed by atoms with van der Waals surface area (Å²) < 4.78 is 2.34. The summed E-state index contributed by atoms with van der Waals surface area (Å²) in [6, 6.07) is 0.714. The number of hydrogen-bond acceptors (Lipinski definition) is 1. The molecular formula is C11H18N2. The third-order valence-corrected chi connectivity index (χ3v) is 3.16. The van der Waals surface area contributed by atoms with Crippen molar-refractivity contribution in [2.24, 2.45) is 5.92 Å². The van der Waals surface area contributed by atoms with E-state index in [1.54, 1.807) is 0 Å². The molecule has 0 bridgehead atoms. The van der Waals surface area contributed by atoms with Crippen LogP contribution in [0, 0.1) is 12.8 Å². The molecule has 2 nitrogen and oxygen atoms in total. The topological polar surface area (TPSA) is 17.8 Å². The fourth-order valence-corrected chi connectivity index (χ4v) is 2.43. The molecule has 2 rings (SSSR count). The first-order chi connectivity index (χ1) is 6.27. The summed E-state index contributed by atoms with van der Waals surface area (Å²) in [5.74, 6) is 2.06. The first kappa shape index (κ1) is 8.79. The Morgan fingerprint density at radius 3 is 2.92 bits per heavy atom. The summed E-state index contributed by atoms with van der Waals surface area (Å²) in [5.41, 5.74) is 0. The zero-order valence-corrected chi connectivity index (χ0v) is 8.53. The van der Waals surface area contributed by atoms with Crippen LogP contribution in [0.2, 0.25) is 0 Å². The van der Waals surface area contributed by atoms with Gasteiger partial charge in [0.25, 0.3) is 0 Å². The molecule has 0 aliphatic heterocycles. The minimum atomic E-state index is 0.714. The molecule has 1 aliphatic carbocycles. The van der Waals surface area contributed by atoms with E-state index >= 15 is 0 Å². The summed E-state index contributed by atoms with van der Waals surface area (Å²) in [5, 5.41) is 0. The summed E-state index contributed by atoms with van der Waals surface area (Å²) >= 11 is 0. The summed E-state index contributed by atoms with van der Waals surface area (Å²) in [4.78, 5) is 4.28. The molecule has 1 saturated carbocycles. The van der Waals surface area contributed by atoms with Crippen LogP contribution in [-0.4, -0.2) is 9.55 Å². The van der Waals surface area contributed by atoms with Gasteiger partial charge in [0.15, 0.2) is 0 Å². The fraction of sp³-hybridized carbons (Fsp3) is 0.727. The van der Waals surface area contributed by atoms with Gasteiger partial charge in [-0.1, -0.05) is 19.8 Å². The number of aryl methyl sites for hydroxylation is 1. The fourth-order valence-electron chi connectivity index (χ4n) is 2.43. The van der Waals surface area contributed by atoms with Crippen molar-refractivity contribution in [3.8, 4) is 0 Å². The smallest absolute Gasteiger partial charge is 0.105 e. The van der Waals surface area contributed by atoms with Crippen molar-refractivity contribution in [2.75, 3.05) is 0 Å². The number of rotatable bonds is 1. The van der Waals surface area contributed by atoms with E-state index in [-0.39, 0.29) is 0 Å². The maximum absolute atomic E-state index is 4.28. The van der Waals surface area contributed by atoms with Gasteiger partial charge < -0.3 is 4.57 Å². The highest BCUT2D eigenvalue weighted by atomic mass is 15.1. The first-order valence-electron chi connectivity index (χ1n) is 5.27. The Labute approximate surface area is 80.0 Å². The number of nitrogens with zero attached hydrogens (tertiary/aromatic N) is 2. The predicted molar refractivity (Wildman–Crippen MR) is 53.6 cm³/mol. The van der Waals surface area contributed by atoms with Gasteiger partial charge in [0.2, 0.25) is 0 Å². The Hall–Kier alpha value is -0.790. The van der Waals surface area contributed by atoms with Crippen molar-refractivity contribution in [2.45, 2.75) is 45.6 Å². The third-order valence-electron chi connectivity index (χ3n) is 3.16. The largest absolute Gasteiger partial charge is 0.332 e. The van der Waals surface area contributed by atoms with Crippen LogP contribution in [0.25, 0.3) is 0 Å². The predicted octanol–water partition coefficient (Wildman–Crippen LogP) is 2.94. The standard InChI is InChI=1S/C11H18N2/c1-9-4-3-5-11(8-9)13-7-6-12-10(13)2/h6-7,9,11H,3-5,8H2,1-2H3. The maximum Gasteiger partial charge on any atom is 0.105 e. The quantitative estimate of drug-likeness (QED) is 0.646. The van der Waals surface area contributed by atoms with Gasteiger partial charge in [-0.15, -0.1) is 0 Å². The average molecular weight is 178 g/mol. The van der Waals surface area contributed by atoms with E-state index in [4.69, 9.17) is 0 Å². The van der Waals surface area contributed by atoms with Gasteiger partial charge >= 0.3 is 0 Å². The number of aromatic nitrogens is 2. The monoisotopic (exact) mass is 178 g/mol. The third kappa shape index (κ3) is 1.77. The van der Waals surface area contributed by atoms with Crippen LogP contribution < -0.4 is 0 Å². The van der Waals surface area contributed by atoms with Crippen LogP contribution in [0.5, 0.6) is 0 Å². The molecular weight excluding hydrogens is 160 g/mol. The maximum atomic E-state index is 4.28. The van der Waals surface area contributed by atoms with E-state index < -0.39 is 0 Å². The van der Waals surface area contributed by atoms with Crippen LogP contribution in [-0.2, 0) is 0 Å². The Morgan fingerprint density at radius 1 is 1.46 bits per heavy atom. The molecule has 72 valence electrons. The second-order valence-electron chi connectivity index (χ2n) is 4.31. The molecule has 0 aromatic carbocycles. The molecule has 0 radical (unpaired) electrons. The summed E-state index contributed by atoms with van der Waals surface area (Å²) in [7, 11) is 0. The van der Waals surface area contributed by atoms with E-state index in [0.717, 1.165) is 5.92 Å². The normalized spacial score (nSPS) is 29.1. The molecule has 2 heteroatoms. The Kier molecular flexibility index (Phi) is 2.38. The van der Waals surface area contributed by atoms with Crippen LogP contribution in [0.1, 0.15) is 44.5 Å². The van der Waals surface area contributed by atoms with Gasteiger partial charge in [-0.3, -0.25) is 0 Å². The minimum absolute atomic E-state index is 0.714. The van der Waals surface area contributed by atoms with Crippen LogP contribution in [0.4, 0.5) is 0 Å². The molecule has 1 heterocycles. The lowest BCUT2D eigenvalue weighted by atomic mass is 9.87. The van der Waals surface area contributed by atoms with E-state index in [9.17, 15) is 0 Å². The Balaban J connectivity index is 2.12. The Morgan fingerprint density at radius 2 is 2.31 bits per heavy atom. The molecule has 1 fully saturated rings. The molecule has 0 saturated heterocycles. The highest BCUT2D eigenvalue weighted by Crippen LogP contribution is 2.32. The van der Waals surface area contributed by atoms with Crippen molar-refractivity contribution in [1.29, 1.82) is 0 Å². The van der Waals surface area contributed by atoms with Gasteiger partial charge in [-0.2, -0.15) is 0 Å². The molecule has 1 aliphatic rings. The zero-order chi connectivity index (χ0) is 9.26. The average Bonchev–Trinajstić information content (AvgIpc) is 2.51. The molecule has 1 aromatic heterocycles. The lowest BCUT2D eigenvalue weighted by Gasteiger charge is -2.28. The second kappa shape index (κ2) is 3.52. The van der Waals surface area contributed by atoms with Crippen molar-refractivity contribution in [3.63, 3.8) is 0 Å². The van der Waals surface area contributed by atoms with Gasteiger partial charge in [-0.25, -0.2) is 4.98 Å². The van der Waals surface area contributed by atoms with Gasteiger partial charge in [0.05, 0.1) is 0 Å². The van der Waals surface area contributed by atoms with E-state index in [0.29, 0.717) is 6.04 Å². The van der Waals surface area contributed by atoms with Crippen LogP contribution in [0.15, 0.2) is 12.4 Å². The second-order valence-corrected chi connectivity index (χ2v) is 4.31. The van der Waals surface area contributed by atoms with E-state index in [1.165, 1.54) is 31.5 Å². The number of imidazole rings is 1. The van der Waals surface area contributed by atoms with Crippen molar-refractivity contribution in [3.05, 3.63) is 18.2 Å². The lowest BCUT2D eigenvalue weighted by Crippen LogP contribution is -2.17. The van der Waals surface area contributed by atoms with Gasteiger partial charge in [0.1, 0.15) is 5.82 Å². The van der Waals surface area contributed by atoms with E-state index in [1.807, 2.05) is 6.20 Å². The molecule has 0 N–H and O–H groups in total. The summed E-state index contributed by atoms with van der Waals surface area (Å²) in [6.45, 7) is 4.46. The number of hydrogen-bond donors (Lipinski definition) is 0. The lowest BCUT2D eigenvalue weighted by molar-refractivity contribution is 0.279. The van der Waals surface area contributed by atoms with Gasteiger partial charge in [-0.05, 0) is 25.7 Å². The molecule has 2 unspecified atom stereocenters. The first-order valence-corrected chi connectivity index (χ1v) is 5.27. The van der Waals surface area contributed by atoms with Crippen molar-refractivity contribution >= 4 is 0 Å². The minimum Gasteiger partial charge on any atom is -0.332 e. The van der Waals surface area contributed by atoms with Gasteiger partial charge in [0, 0.05) is 18.4 Å². The molecule has 13 heavy (non-hydrogen) atoms. The molecule has 2 atom stereocenters. The Bertz CT molecular complexity index is 277. The van der Waals surface area contributed by atoms with E-state index in [2.05, 4.69) is 29.6 Å². The molecule has 0 spiro atoms.